The molecular formula is C33H25NS. The maximum absolute atomic E-state index is 4.82. The number of rotatable bonds is 2. The smallest absolute Gasteiger partial charge is 0.0714 e. The van der Waals surface area contributed by atoms with Crippen molar-refractivity contribution in [3.8, 4) is 33.5 Å². The van der Waals surface area contributed by atoms with E-state index in [-0.39, 0.29) is 0 Å². The van der Waals surface area contributed by atoms with Crippen LogP contribution in [0.2, 0.25) is 0 Å². The average molecular weight is 468 g/mol. The second-order valence-electron chi connectivity index (χ2n) is 9.59. The molecule has 2 heterocycles. The second kappa shape index (κ2) is 7.56. The Morgan fingerprint density at radius 3 is 1.94 bits per heavy atom. The van der Waals surface area contributed by atoms with E-state index in [0.717, 1.165) is 5.69 Å². The van der Waals surface area contributed by atoms with Gasteiger partial charge in [-0.15, -0.1) is 0 Å². The van der Waals surface area contributed by atoms with E-state index in [0.29, 0.717) is 0 Å². The highest BCUT2D eigenvalue weighted by Gasteiger charge is 2.32. The predicted octanol–water partition coefficient (Wildman–Crippen LogP) is 9.18. The standard InChI is InChI=1S/C33H25NS/c1-35(2)30-18-9-8-14-23(30)26-20-27-28(21-31(26)35)32(22-12-4-3-5-13-22)24-15-6-7-16-25(24)33(27)29-17-10-11-19-34-29/h3-21H,1-2H3. The third-order valence-electron chi connectivity index (χ3n) is 7.38. The fourth-order valence-corrected chi connectivity index (χ4v) is 8.31. The van der Waals surface area contributed by atoms with Gasteiger partial charge in [0.1, 0.15) is 0 Å². The molecule has 0 saturated heterocycles. The van der Waals surface area contributed by atoms with Gasteiger partial charge in [-0.05, 0) is 86.6 Å². The Hall–Kier alpha value is -3.88. The summed E-state index contributed by atoms with van der Waals surface area (Å²) in [5.41, 5.74) is 7.56. The van der Waals surface area contributed by atoms with Gasteiger partial charge in [-0.3, -0.25) is 4.98 Å². The van der Waals surface area contributed by atoms with Gasteiger partial charge in [0, 0.05) is 21.6 Å². The van der Waals surface area contributed by atoms with Crippen molar-refractivity contribution in [3.63, 3.8) is 0 Å². The van der Waals surface area contributed by atoms with Gasteiger partial charge in [0.05, 0.1) is 5.69 Å². The number of aromatic nitrogens is 1. The van der Waals surface area contributed by atoms with E-state index >= 15 is 0 Å². The van der Waals surface area contributed by atoms with Crippen LogP contribution in [0, 0.1) is 0 Å². The topological polar surface area (TPSA) is 12.9 Å². The summed E-state index contributed by atoms with van der Waals surface area (Å²) in [6.45, 7) is 0. The van der Waals surface area contributed by atoms with Crippen LogP contribution in [0.3, 0.4) is 0 Å². The van der Waals surface area contributed by atoms with Gasteiger partial charge < -0.3 is 0 Å². The van der Waals surface area contributed by atoms with Crippen molar-refractivity contribution in [1.82, 2.24) is 4.98 Å². The molecule has 0 atom stereocenters. The summed E-state index contributed by atoms with van der Waals surface area (Å²) in [5, 5.41) is 5.10. The lowest BCUT2D eigenvalue weighted by atomic mass is 9.86. The molecule has 168 valence electrons. The molecule has 0 saturated carbocycles. The number of benzene rings is 5. The third kappa shape index (κ3) is 2.93. The van der Waals surface area contributed by atoms with E-state index in [1.54, 1.807) is 0 Å². The molecule has 0 aliphatic carbocycles. The molecule has 0 unspecified atom stereocenters. The van der Waals surface area contributed by atoms with Gasteiger partial charge in [-0.25, -0.2) is 0 Å². The monoisotopic (exact) mass is 467 g/mol. The van der Waals surface area contributed by atoms with E-state index < -0.39 is 10.0 Å². The lowest BCUT2D eigenvalue weighted by Gasteiger charge is -2.29. The molecule has 1 aliphatic heterocycles. The molecule has 35 heavy (non-hydrogen) atoms. The van der Waals surface area contributed by atoms with Crippen LogP contribution in [-0.2, 0) is 0 Å². The molecule has 0 amide bonds. The molecule has 0 spiro atoms. The van der Waals surface area contributed by atoms with Gasteiger partial charge in [-0.2, -0.15) is 10.0 Å². The fourth-order valence-electron chi connectivity index (χ4n) is 5.79. The van der Waals surface area contributed by atoms with Crippen molar-refractivity contribution < 1.29 is 0 Å². The maximum Gasteiger partial charge on any atom is 0.0714 e. The molecule has 0 fully saturated rings. The summed E-state index contributed by atoms with van der Waals surface area (Å²) in [6.07, 6.45) is 6.77. The Balaban J connectivity index is 1.72. The van der Waals surface area contributed by atoms with Crippen molar-refractivity contribution in [3.05, 3.63) is 115 Å². The Morgan fingerprint density at radius 2 is 1.17 bits per heavy atom. The number of nitrogens with zero attached hydrogens (tertiary/aromatic N) is 1. The number of pyridine rings is 1. The Kier molecular flexibility index (Phi) is 4.43. The number of hydrogen-bond acceptors (Lipinski definition) is 1. The van der Waals surface area contributed by atoms with Crippen LogP contribution in [0.25, 0.3) is 55.1 Å². The SMILES string of the molecule is CS1(C)c2ccccc2-c2cc3c(-c4ccccn4)c4ccccc4c(-c4ccccc4)c3cc21. The Morgan fingerprint density at radius 1 is 0.514 bits per heavy atom. The molecule has 1 nitrogen and oxygen atoms in total. The Bertz CT molecular complexity index is 1750. The largest absolute Gasteiger partial charge is 0.256 e. The van der Waals surface area contributed by atoms with E-state index in [2.05, 4.69) is 116 Å². The first-order valence-corrected chi connectivity index (χ1v) is 14.4. The van der Waals surface area contributed by atoms with E-state index in [9.17, 15) is 0 Å². The van der Waals surface area contributed by atoms with Crippen LogP contribution in [-0.4, -0.2) is 17.5 Å². The summed E-state index contributed by atoms with van der Waals surface area (Å²) in [7, 11) is -1.10. The lowest BCUT2D eigenvalue weighted by molar-refractivity contribution is 1.34. The highest BCUT2D eigenvalue weighted by atomic mass is 32.3. The summed E-state index contributed by atoms with van der Waals surface area (Å²) in [5.74, 6) is 0. The maximum atomic E-state index is 4.82. The van der Waals surface area contributed by atoms with Crippen molar-refractivity contribution in [1.29, 1.82) is 0 Å². The third-order valence-corrected chi connectivity index (χ3v) is 10.3. The molecule has 2 heteroatoms. The molecule has 5 aromatic carbocycles. The zero-order chi connectivity index (χ0) is 23.6. The molecule has 0 bridgehead atoms. The van der Waals surface area contributed by atoms with E-state index in [1.165, 1.54) is 59.2 Å². The van der Waals surface area contributed by atoms with Crippen LogP contribution in [0.4, 0.5) is 0 Å². The van der Waals surface area contributed by atoms with E-state index in [1.807, 2.05) is 12.3 Å². The molecule has 0 radical (unpaired) electrons. The molecule has 1 aliphatic rings. The van der Waals surface area contributed by atoms with Crippen molar-refractivity contribution in [2.45, 2.75) is 9.79 Å². The van der Waals surface area contributed by atoms with Gasteiger partial charge in [-0.1, -0.05) is 78.9 Å². The highest BCUT2D eigenvalue weighted by Crippen LogP contribution is 2.68. The van der Waals surface area contributed by atoms with Crippen molar-refractivity contribution in [2.75, 3.05) is 12.5 Å². The number of fused-ring (bicyclic) bond motifs is 5. The van der Waals surface area contributed by atoms with Crippen LogP contribution < -0.4 is 0 Å². The van der Waals surface area contributed by atoms with Crippen LogP contribution in [0.15, 0.2) is 125 Å². The normalized spacial score (nSPS) is 14.6. The van der Waals surface area contributed by atoms with Crippen LogP contribution in [0.1, 0.15) is 0 Å². The molecule has 1 aromatic heterocycles. The van der Waals surface area contributed by atoms with Gasteiger partial charge in [0.15, 0.2) is 0 Å². The van der Waals surface area contributed by atoms with Crippen LogP contribution in [0.5, 0.6) is 0 Å². The zero-order valence-corrected chi connectivity index (χ0v) is 20.6. The minimum Gasteiger partial charge on any atom is -0.256 e. The van der Waals surface area contributed by atoms with Crippen molar-refractivity contribution >= 4 is 31.6 Å². The summed E-state index contributed by atoms with van der Waals surface area (Å²) >= 11 is 0. The van der Waals surface area contributed by atoms with Crippen LogP contribution >= 0.6 is 10.0 Å². The van der Waals surface area contributed by atoms with Gasteiger partial charge in [0.2, 0.25) is 0 Å². The predicted molar refractivity (Wildman–Crippen MR) is 152 cm³/mol. The molecule has 6 aromatic rings. The molecular weight excluding hydrogens is 442 g/mol. The quantitative estimate of drug-likeness (QED) is 0.231. The minimum atomic E-state index is -1.10. The Labute approximate surface area is 207 Å². The minimum absolute atomic E-state index is 1.02. The van der Waals surface area contributed by atoms with Crippen molar-refractivity contribution in [2.24, 2.45) is 0 Å². The van der Waals surface area contributed by atoms with Gasteiger partial charge >= 0.3 is 0 Å². The first-order valence-electron chi connectivity index (χ1n) is 12.0. The summed E-state index contributed by atoms with van der Waals surface area (Å²) in [6, 6.07) is 39.8. The molecule has 7 rings (SSSR count). The highest BCUT2D eigenvalue weighted by molar-refractivity contribution is 8.33. The molecule has 0 N–H and O–H groups in total. The zero-order valence-electron chi connectivity index (χ0n) is 19.8. The fraction of sp³-hybridized carbons (Fsp3) is 0.0606. The lowest BCUT2D eigenvalue weighted by Crippen LogP contribution is -1.95. The summed E-state index contributed by atoms with van der Waals surface area (Å²) in [4.78, 5) is 7.78. The first kappa shape index (κ1) is 20.5. The first-order chi connectivity index (χ1) is 17.1. The van der Waals surface area contributed by atoms with E-state index in [4.69, 9.17) is 4.98 Å². The average Bonchev–Trinajstić information content (AvgIpc) is 3.13. The number of hydrogen-bond donors (Lipinski definition) is 0. The second-order valence-corrected chi connectivity index (χ2v) is 13.1. The van der Waals surface area contributed by atoms with Gasteiger partial charge in [0.25, 0.3) is 0 Å². The summed E-state index contributed by atoms with van der Waals surface area (Å²) < 4.78 is 0.